The molecule has 2 amide bonds. The molecule has 4 nitrogen and oxygen atoms in total. The van der Waals surface area contributed by atoms with E-state index in [0.29, 0.717) is 10.5 Å². The molecule has 25 heavy (non-hydrogen) atoms. The van der Waals surface area contributed by atoms with E-state index in [1.807, 2.05) is 0 Å². The maximum absolute atomic E-state index is 13.4. The van der Waals surface area contributed by atoms with E-state index in [4.69, 9.17) is 0 Å². The fourth-order valence-corrected chi connectivity index (χ4v) is 2.74. The van der Waals surface area contributed by atoms with Gasteiger partial charge in [0.25, 0.3) is 5.91 Å². The zero-order valence-electron chi connectivity index (χ0n) is 13.6. The number of carbonyl (C=O) groups excluding carboxylic acids is 2. The second-order valence-electron chi connectivity index (χ2n) is 5.29. The fourth-order valence-electron chi connectivity index (χ4n) is 1.97. The molecule has 0 atom stereocenters. The highest BCUT2D eigenvalue weighted by Crippen LogP contribution is 2.20. The maximum Gasteiger partial charge on any atom is 0.251 e. The molecule has 0 aliphatic carbocycles. The summed E-state index contributed by atoms with van der Waals surface area (Å²) in [6.07, 6.45) is 0. The Morgan fingerprint density at radius 3 is 2.44 bits per heavy atom. The third kappa shape index (κ3) is 5.86. The number of hydrogen-bond donors (Lipinski definition) is 2. The SMILES string of the molecule is Cc1ccc(C(=O)NCCNC(=O)CSc2ccccc2F)cc1F. The summed E-state index contributed by atoms with van der Waals surface area (Å²) in [5.74, 6) is -1.39. The van der Waals surface area contributed by atoms with Crippen molar-refractivity contribution in [3.05, 3.63) is 65.2 Å². The van der Waals surface area contributed by atoms with Gasteiger partial charge in [-0.2, -0.15) is 0 Å². The van der Waals surface area contributed by atoms with Crippen LogP contribution in [0, 0.1) is 18.6 Å². The predicted octanol–water partition coefficient (Wildman–Crippen LogP) is 2.91. The van der Waals surface area contributed by atoms with Crippen molar-refractivity contribution in [2.24, 2.45) is 0 Å². The van der Waals surface area contributed by atoms with E-state index in [9.17, 15) is 18.4 Å². The first kappa shape index (κ1) is 18.9. The molecule has 0 heterocycles. The minimum atomic E-state index is -0.439. The molecule has 0 radical (unpaired) electrons. The Kier molecular flexibility index (Phi) is 6.94. The van der Waals surface area contributed by atoms with Crippen LogP contribution in [0.1, 0.15) is 15.9 Å². The van der Waals surface area contributed by atoms with E-state index >= 15 is 0 Å². The first-order valence-electron chi connectivity index (χ1n) is 7.66. The molecule has 0 bridgehead atoms. The lowest BCUT2D eigenvalue weighted by molar-refractivity contribution is -0.118. The van der Waals surface area contributed by atoms with Crippen LogP contribution in [-0.2, 0) is 4.79 Å². The second kappa shape index (κ2) is 9.17. The van der Waals surface area contributed by atoms with Gasteiger partial charge in [-0.25, -0.2) is 8.78 Å². The van der Waals surface area contributed by atoms with Crippen molar-refractivity contribution in [3.8, 4) is 0 Å². The lowest BCUT2D eigenvalue weighted by Gasteiger charge is -2.08. The van der Waals surface area contributed by atoms with Gasteiger partial charge in [-0.05, 0) is 36.8 Å². The van der Waals surface area contributed by atoms with Crippen LogP contribution in [0.5, 0.6) is 0 Å². The van der Waals surface area contributed by atoms with Gasteiger partial charge in [0.1, 0.15) is 11.6 Å². The van der Waals surface area contributed by atoms with Crippen LogP contribution in [0.15, 0.2) is 47.4 Å². The average Bonchev–Trinajstić information content (AvgIpc) is 2.60. The van der Waals surface area contributed by atoms with Crippen LogP contribution < -0.4 is 10.6 Å². The Balaban J connectivity index is 1.68. The van der Waals surface area contributed by atoms with Crippen molar-refractivity contribution < 1.29 is 18.4 Å². The molecule has 2 aromatic rings. The average molecular weight is 364 g/mol. The summed E-state index contributed by atoms with van der Waals surface area (Å²) in [6, 6.07) is 10.5. The van der Waals surface area contributed by atoms with E-state index in [-0.39, 0.29) is 36.1 Å². The van der Waals surface area contributed by atoms with Crippen molar-refractivity contribution in [3.63, 3.8) is 0 Å². The normalized spacial score (nSPS) is 10.4. The zero-order valence-corrected chi connectivity index (χ0v) is 14.5. The number of nitrogens with one attached hydrogen (secondary N) is 2. The molecule has 0 aromatic heterocycles. The number of halogens is 2. The van der Waals surface area contributed by atoms with Crippen molar-refractivity contribution in [2.75, 3.05) is 18.8 Å². The monoisotopic (exact) mass is 364 g/mol. The van der Waals surface area contributed by atoms with Crippen LogP contribution in [0.2, 0.25) is 0 Å². The van der Waals surface area contributed by atoms with Gasteiger partial charge in [-0.1, -0.05) is 18.2 Å². The van der Waals surface area contributed by atoms with E-state index in [1.165, 1.54) is 24.3 Å². The fraction of sp³-hybridized carbons (Fsp3) is 0.222. The summed E-state index contributed by atoms with van der Waals surface area (Å²) in [6.45, 7) is 2.06. The molecule has 0 fully saturated rings. The van der Waals surface area contributed by atoms with Gasteiger partial charge in [0.2, 0.25) is 5.91 Å². The Morgan fingerprint density at radius 1 is 1.00 bits per heavy atom. The van der Waals surface area contributed by atoms with Gasteiger partial charge in [-0.15, -0.1) is 11.8 Å². The zero-order chi connectivity index (χ0) is 18.2. The van der Waals surface area contributed by atoms with Crippen molar-refractivity contribution >= 4 is 23.6 Å². The second-order valence-corrected chi connectivity index (χ2v) is 6.31. The topological polar surface area (TPSA) is 58.2 Å². The molecule has 0 saturated carbocycles. The number of carbonyl (C=O) groups is 2. The summed E-state index contributed by atoms with van der Waals surface area (Å²) >= 11 is 1.10. The molecule has 0 aliphatic heterocycles. The van der Waals surface area contributed by atoms with Gasteiger partial charge in [0, 0.05) is 23.5 Å². The van der Waals surface area contributed by atoms with E-state index in [0.717, 1.165) is 11.8 Å². The molecule has 2 N–H and O–H groups in total. The molecule has 2 rings (SSSR count). The summed E-state index contributed by atoms with van der Waals surface area (Å²) in [7, 11) is 0. The van der Waals surface area contributed by atoms with Crippen LogP contribution in [0.4, 0.5) is 8.78 Å². The number of benzene rings is 2. The van der Waals surface area contributed by atoms with Gasteiger partial charge in [-0.3, -0.25) is 9.59 Å². The van der Waals surface area contributed by atoms with E-state index < -0.39 is 11.7 Å². The summed E-state index contributed by atoms with van der Waals surface area (Å²) in [5.41, 5.74) is 0.695. The minimum absolute atomic E-state index is 0.0814. The molecule has 0 unspecified atom stereocenters. The standard InChI is InChI=1S/C18H18F2N2O2S/c1-12-6-7-13(10-15(12)20)18(24)22-9-8-21-17(23)11-25-16-5-3-2-4-14(16)19/h2-7,10H,8-9,11H2,1H3,(H,21,23)(H,22,24). The maximum atomic E-state index is 13.4. The lowest BCUT2D eigenvalue weighted by Crippen LogP contribution is -2.35. The number of aryl methyl sites for hydroxylation is 1. The number of hydrogen-bond acceptors (Lipinski definition) is 3. The van der Waals surface area contributed by atoms with E-state index in [1.54, 1.807) is 25.1 Å². The van der Waals surface area contributed by atoms with Crippen molar-refractivity contribution in [2.45, 2.75) is 11.8 Å². The van der Waals surface area contributed by atoms with Crippen LogP contribution in [0.3, 0.4) is 0 Å². The third-order valence-corrected chi connectivity index (χ3v) is 4.41. The van der Waals surface area contributed by atoms with Gasteiger partial charge in [0.05, 0.1) is 5.75 Å². The molecule has 7 heteroatoms. The van der Waals surface area contributed by atoms with Crippen LogP contribution in [0.25, 0.3) is 0 Å². The Labute approximate surface area is 149 Å². The lowest BCUT2D eigenvalue weighted by atomic mass is 10.1. The van der Waals surface area contributed by atoms with Crippen LogP contribution in [-0.4, -0.2) is 30.7 Å². The Morgan fingerprint density at radius 2 is 1.72 bits per heavy atom. The highest BCUT2D eigenvalue weighted by Gasteiger charge is 2.09. The molecule has 132 valence electrons. The number of amides is 2. The quantitative estimate of drug-likeness (QED) is 0.587. The first-order chi connectivity index (χ1) is 12.0. The van der Waals surface area contributed by atoms with Crippen molar-refractivity contribution in [1.29, 1.82) is 0 Å². The molecule has 0 spiro atoms. The summed E-state index contributed by atoms with van der Waals surface area (Å²) in [5, 5.41) is 5.23. The minimum Gasteiger partial charge on any atom is -0.354 e. The largest absolute Gasteiger partial charge is 0.354 e. The van der Waals surface area contributed by atoms with Gasteiger partial charge in [0.15, 0.2) is 0 Å². The highest BCUT2D eigenvalue weighted by atomic mass is 32.2. The smallest absolute Gasteiger partial charge is 0.251 e. The van der Waals surface area contributed by atoms with Gasteiger partial charge < -0.3 is 10.6 Å². The predicted molar refractivity (Wildman–Crippen MR) is 93.6 cm³/mol. The number of rotatable bonds is 7. The Hall–Kier alpha value is -2.41. The molecular formula is C18H18F2N2O2S. The number of thioether (sulfide) groups is 1. The molecular weight excluding hydrogens is 346 g/mol. The summed E-state index contributed by atoms with van der Waals surface area (Å²) in [4.78, 5) is 24.0. The van der Waals surface area contributed by atoms with E-state index in [2.05, 4.69) is 10.6 Å². The molecule has 0 saturated heterocycles. The van der Waals surface area contributed by atoms with Crippen LogP contribution >= 0.6 is 11.8 Å². The molecule has 0 aliphatic rings. The third-order valence-electron chi connectivity index (χ3n) is 3.36. The first-order valence-corrected chi connectivity index (χ1v) is 8.64. The van der Waals surface area contributed by atoms with Gasteiger partial charge >= 0.3 is 0 Å². The summed E-state index contributed by atoms with van der Waals surface area (Å²) < 4.78 is 26.8. The Bertz CT molecular complexity index is 768. The highest BCUT2D eigenvalue weighted by molar-refractivity contribution is 8.00. The molecule has 2 aromatic carbocycles. The van der Waals surface area contributed by atoms with Crippen molar-refractivity contribution in [1.82, 2.24) is 10.6 Å².